The predicted octanol–water partition coefficient (Wildman–Crippen LogP) is 1.56. The number of benzene rings is 1. The first-order valence-corrected chi connectivity index (χ1v) is 5.19. The molecule has 1 aromatic carbocycles. The lowest BCUT2D eigenvalue weighted by atomic mass is 10.0. The van der Waals surface area contributed by atoms with Crippen LogP contribution in [0.1, 0.15) is 12.0 Å². The molecule has 1 atom stereocenters. The Hall–Kier alpha value is -0.650. The van der Waals surface area contributed by atoms with Crippen LogP contribution in [-0.4, -0.2) is 13.1 Å². The van der Waals surface area contributed by atoms with Crippen LogP contribution in [0.3, 0.4) is 0 Å². The van der Waals surface area contributed by atoms with Gasteiger partial charge in [-0.15, -0.1) is 9.24 Å². The number of hydrogen-bond donors (Lipinski definition) is 1. The maximum atomic E-state index is 3.32. The lowest BCUT2D eigenvalue weighted by molar-refractivity contribution is 0.738. The Kier molecular flexibility index (Phi) is 2.77. The Bertz CT molecular complexity index is 313. The number of nitrogens with one attached hydrogen (secondary N) is 1. The summed E-state index contributed by atoms with van der Waals surface area (Å²) in [6.07, 6.45) is 3.43. The van der Waals surface area contributed by atoms with Gasteiger partial charge in [-0.2, -0.15) is 0 Å². The lowest BCUT2D eigenvalue weighted by Gasteiger charge is -2.14. The van der Waals surface area contributed by atoms with Crippen molar-refractivity contribution in [3.63, 3.8) is 0 Å². The molecule has 2 heteroatoms. The maximum absolute atomic E-state index is 3.32. The molecule has 1 heterocycles. The van der Waals surface area contributed by atoms with Crippen LogP contribution in [0.25, 0.3) is 5.57 Å². The minimum absolute atomic E-state index is 1.01. The molecule has 1 aliphatic heterocycles. The van der Waals surface area contributed by atoms with Crippen LogP contribution in [0.2, 0.25) is 0 Å². The summed E-state index contributed by atoms with van der Waals surface area (Å²) < 4.78 is 0. The molecular weight excluding hydrogens is 177 g/mol. The maximum Gasteiger partial charge on any atom is 0.0140 e. The van der Waals surface area contributed by atoms with Crippen molar-refractivity contribution in [1.82, 2.24) is 5.32 Å². The highest BCUT2D eigenvalue weighted by atomic mass is 31.0. The topological polar surface area (TPSA) is 12.0 Å². The van der Waals surface area contributed by atoms with Crippen molar-refractivity contribution >= 4 is 20.1 Å². The summed E-state index contributed by atoms with van der Waals surface area (Å²) in [6, 6.07) is 8.67. The van der Waals surface area contributed by atoms with Crippen LogP contribution in [0.5, 0.6) is 0 Å². The predicted molar refractivity (Wildman–Crippen MR) is 61.2 cm³/mol. The Morgan fingerprint density at radius 3 is 2.54 bits per heavy atom. The molecule has 0 spiro atoms. The van der Waals surface area contributed by atoms with Crippen LogP contribution >= 0.6 is 9.24 Å². The molecule has 1 nitrogen and oxygen atoms in total. The van der Waals surface area contributed by atoms with E-state index in [0.29, 0.717) is 0 Å². The Morgan fingerprint density at radius 1 is 1.15 bits per heavy atom. The Morgan fingerprint density at radius 2 is 1.92 bits per heavy atom. The second-order valence-corrected chi connectivity index (χ2v) is 3.97. The number of hydrogen-bond acceptors (Lipinski definition) is 1. The van der Waals surface area contributed by atoms with Gasteiger partial charge < -0.3 is 5.32 Å². The minimum atomic E-state index is 1.01. The summed E-state index contributed by atoms with van der Waals surface area (Å²) in [5.74, 6) is 0. The molecular formula is C11H14NP. The summed E-state index contributed by atoms with van der Waals surface area (Å²) in [5, 5.41) is 4.56. The molecule has 1 unspecified atom stereocenters. The van der Waals surface area contributed by atoms with E-state index < -0.39 is 0 Å². The van der Waals surface area contributed by atoms with E-state index in [1.807, 2.05) is 0 Å². The van der Waals surface area contributed by atoms with Gasteiger partial charge in [0.15, 0.2) is 0 Å². The highest BCUT2D eigenvalue weighted by Gasteiger charge is 2.04. The molecule has 0 radical (unpaired) electrons. The normalized spacial score (nSPS) is 16.8. The zero-order chi connectivity index (χ0) is 9.10. The van der Waals surface area contributed by atoms with Gasteiger partial charge in [0.2, 0.25) is 0 Å². The van der Waals surface area contributed by atoms with E-state index in [1.165, 1.54) is 16.4 Å². The third-order valence-electron chi connectivity index (χ3n) is 2.35. The average Bonchev–Trinajstić information content (AvgIpc) is 2.20. The van der Waals surface area contributed by atoms with E-state index in [0.717, 1.165) is 19.5 Å². The van der Waals surface area contributed by atoms with Crippen LogP contribution in [0.15, 0.2) is 30.3 Å². The minimum Gasteiger partial charge on any atom is -0.313 e. The fourth-order valence-electron chi connectivity index (χ4n) is 1.58. The summed E-state index contributed by atoms with van der Waals surface area (Å²) in [7, 11) is 2.71. The quantitative estimate of drug-likeness (QED) is 0.664. The van der Waals surface area contributed by atoms with E-state index in [4.69, 9.17) is 0 Å². The van der Waals surface area contributed by atoms with E-state index in [2.05, 4.69) is 44.9 Å². The molecule has 0 saturated heterocycles. The van der Waals surface area contributed by atoms with Gasteiger partial charge in [0.25, 0.3) is 0 Å². The van der Waals surface area contributed by atoms with Crippen LogP contribution in [-0.2, 0) is 0 Å². The van der Waals surface area contributed by atoms with Gasteiger partial charge in [0.1, 0.15) is 0 Å². The molecule has 13 heavy (non-hydrogen) atoms. The standard InChI is InChI=1S/C11H14NP/c13-11-3-1-9(2-4-11)10-5-7-12-8-6-10/h1-5,12H,6-8,13H2. The van der Waals surface area contributed by atoms with E-state index >= 15 is 0 Å². The third kappa shape index (κ3) is 2.18. The molecule has 0 saturated carbocycles. The van der Waals surface area contributed by atoms with Crippen molar-refractivity contribution in [2.45, 2.75) is 6.42 Å². The van der Waals surface area contributed by atoms with Gasteiger partial charge in [-0.3, -0.25) is 0 Å². The van der Waals surface area contributed by atoms with Crippen molar-refractivity contribution in [2.75, 3.05) is 13.1 Å². The lowest BCUT2D eigenvalue weighted by Crippen LogP contribution is -2.20. The smallest absolute Gasteiger partial charge is 0.0140 e. The van der Waals surface area contributed by atoms with Gasteiger partial charge >= 0.3 is 0 Å². The first kappa shape index (κ1) is 8.93. The van der Waals surface area contributed by atoms with Crippen LogP contribution < -0.4 is 10.6 Å². The van der Waals surface area contributed by atoms with E-state index in [-0.39, 0.29) is 0 Å². The molecule has 1 aromatic rings. The first-order valence-electron chi connectivity index (χ1n) is 4.62. The zero-order valence-corrected chi connectivity index (χ0v) is 8.74. The molecule has 1 aliphatic rings. The molecule has 2 rings (SSSR count). The second kappa shape index (κ2) is 4.04. The molecule has 68 valence electrons. The average molecular weight is 191 g/mol. The van der Waals surface area contributed by atoms with E-state index in [9.17, 15) is 0 Å². The largest absolute Gasteiger partial charge is 0.313 e. The second-order valence-electron chi connectivity index (χ2n) is 3.31. The molecule has 0 aliphatic carbocycles. The van der Waals surface area contributed by atoms with Gasteiger partial charge in [0.05, 0.1) is 0 Å². The Labute approximate surface area is 81.4 Å². The Balaban J connectivity index is 2.24. The van der Waals surface area contributed by atoms with Crippen LogP contribution in [0, 0.1) is 0 Å². The fourth-order valence-corrected chi connectivity index (χ4v) is 1.77. The van der Waals surface area contributed by atoms with Gasteiger partial charge in [0, 0.05) is 6.54 Å². The molecule has 0 fully saturated rings. The van der Waals surface area contributed by atoms with Crippen molar-refractivity contribution in [2.24, 2.45) is 0 Å². The molecule has 0 aromatic heterocycles. The third-order valence-corrected chi connectivity index (χ3v) is 2.73. The SMILES string of the molecule is Pc1ccc(C2=CCNCC2)cc1. The van der Waals surface area contributed by atoms with Gasteiger partial charge in [-0.1, -0.05) is 30.3 Å². The summed E-state index contributed by atoms with van der Waals surface area (Å²) >= 11 is 0. The van der Waals surface area contributed by atoms with Gasteiger partial charge in [-0.05, 0) is 29.4 Å². The number of rotatable bonds is 1. The van der Waals surface area contributed by atoms with Crippen molar-refractivity contribution in [3.05, 3.63) is 35.9 Å². The van der Waals surface area contributed by atoms with Crippen molar-refractivity contribution < 1.29 is 0 Å². The summed E-state index contributed by atoms with van der Waals surface area (Å²) in [4.78, 5) is 0. The molecule has 0 amide bonds. The van der Waals surface area contributed by atoms with Crippen molar-refractivity contribution in [3.8, 4) is 0 Å². The first-order chi connectivity index (χ1) is 6.36. The summed E-state index contributed by atoms with van der Waals surface area (Å²) in [6.45, 7) is 2.12. The zero-order valence-electron chi connectivity index (χ0n) is 7.59. The summed E-state index contributed by atoms with van der Waals surface area (Å²) in [5.41, 5.74) is 2.84. The fraction of sp³-hybridized carbons (Fsp3) is 0.273. The monoisotopic (exact) mass is 191 g/mol. The van der Waals surface area contributed by atoms with E-state index in [1.54, 1.807) is 0 Å². The van der Waals surface area contributed by atoms with Crippen molar-refractivity contribution in [1.29, 1.82) is 0 Å². The highest BCUT2D eigenvalue weighted by Crippen LogP contribution is 2.18. The van der Waals surface area contributed by atoms with Crippen LogP contribution in [0.4, 0.5) is 0 Å². The molecule has 0 bridgehead atoms. The highest BCUT2D eigenvalue weighted by molar-refractivity contribution is 7.27. The molecule has 1 N–H and O–H groups in total. The van der Waals surface area contributed by atoms with Gasteiger partial charge in [-0.25, -0.2) is 0 Å².